The zero-order valence-corrected chi connectivity index (χ0v) is 27.9. The maximum atomic E-state index is 14.2. The van der Waals surface area contributed by atoms with Gasteiger partial charge in [0.15, 0.2) is 11.6 Å². The Balaban J connectivity index is 1.33. The Morgan fingerprint density at radius 2 is 1.87 bits per heavy atom. The normalized spacial score (nSPS) is 30.1. The maximum Gasteiger partial charge on any atom is 0.410 e. The highest BCUT2D eigenvalue weighted by atomic mass is 19.1. The number of nitrogens with zero attached hydrogens (tertiary/aromatic N) is 5. The molecule has 6 rings (SSSR count). The number of ketones is 1. The van der Waals surface area contributed by atoms with Crippen molar-refractivity contribution in [2.24, 2.45) is 5.41 Å². The van der Waals surface area contributed by atoms with E-state index in [0.29, 0.717) is 76.1 Å². The largest absolute Gasteiger partial charge is 0.504 e. The molecular weight excluding hydrogens is 591 g/mol. The van der Waals surface area contributed by atoms with Gasteiger partial charge in [0.05, 0.1) is 16.7 Å². The van der Waals surface area contributed by atoms with Gasteiger partial charge in [0.1, 0.15) is 29.5 Å². The third kappa shape index (κ3) is 6.21. The number of Topliss-reactive ketones (excluding diaryl/α,β-unsaturated/α-hetero) is 1. The Morgan fingerprint density at radius 3 is 2.52 bits per heavy atom. The Bertz CT molecular complexity index is 1420. The average Bonchev–Trinajstić information content (AvgIpc) is 3.66. The minimum Gasteiger partial charge on any atom is -0.504 e. The van der Waals surface area contributed by atoms with Crippen LogP contribution in [0, 0.1) is 10.8 Å². The number of alkyl halides is 1. The molecule has 11 nitrogen and oxygen atoms in total. The molecule has 5 aliphatic rings. The van der Waals surface area contributed by atoms with Gasteiger partial charge >= 0.3 is 6.09 Å². The number of likely N-dealkylation sites (tertiary alicyclic amines) is 1. The van der Waals surface area contributed by atoms with E-state index in [1.165, 1.54) is 0 Å². The van der Waals surface area contributed by atoms with Gasteiger partial charge in [-0.25, -0.2) is 14.2 Å². The van der Waals surface area contributed by atoms with Gasteiger partial charge in [-0.05, 0) is 86.1 Å². The van der Waals surface area contributed by atoms with Gasteiger partial charge in [-0.1, -0.05) is 6.42 Å². The van der Waals surface area contributed by atoms with E-state index < -0.39 is 17.2 Å². The molecule has 3 aliphatic carbocycles. The highest BCUT2D eigenvalue weighted by molar-refractivity contribution is 6.18. The van der Waals surface area contributed by atoms with Crippen LogP contribution >= 0.6 is 0 Å². The quantitative estimate of drug-likeness (QED) is 0.402. The molecule has 0 aromatic carbocycles. The number of hydrogen-bond acceptors (Lipinski definition) is 10. The van der Waals surface area contributed by atoms with Crippen molar-refractivity contribution in [1.29, 1.82) is 5.41 Å². The fourth-order valence-corrected chi connectivity index (χ4v) is 7.97. The minimum atomic E-state index is -0.922. The molecule has 5 fully saturated rings. The molecule has 2 saturated heterocycles. The molecule has 12 heteroatoms. The Labute approximate surface area is 271 Å². The number of allylic oxidation sites excluding steroid dienone is 1. The van der Waals surface area contributed by atoms with E-state index in [-0.39, 0.29) is 52.7 Å². The van der Waals surface area contributed by atoms with E-state index in [9.17, 15) is 19.1 Å². The molecule has 2 N–H and O–H groups in total. The molecule has 252 valence electrons. The molecule has 4 atom stereocenters. The number of carbonyl (C=O) groups excluding carboxylic acids is 2. The summed E-state index contributed by atoms with van der Waals surface area (Å²) in [5.74, 6) is 0.731. The van der Waals surface area contributed by atoms with Crippen LogP contribution in [0.3, 0.4) is 0 Å². The number of nitrogens with one attached hydrogen (secondary N) is 1. The second-order valence-electron chi connectivity index (χ2n) is 15.1. The molecule has 2 spiro atoms. The third-order valence-electron chi connectivity index (χ3n) is 10.6. The first-order valence-electron chi connectivity index (χ1n) is 16.9. The van der Waals surface area contributed by atoms with Gasteiger partial charge in [0, 0.05) is 50.3 Å². The number of anilines is 1. The fourth-order valence-electron chi connectivity index (χ4n) is 7.97. The van der Waals surface area contributed by atoms with E-state index in [4.69, 9.17) is 19.9 Å². The minimum absolute atomic E-state index is 0.0438. The van der Waals surface area contributed by atoms with Crippen LogP contribution in [0.1, 0.15) is 97.7 Å². The lowest BCUT2D eigenvalue weighted by Gasteiger charge is -2.43. The average molecular weight is 641 g/mol. The zero-order chi connectivity index (χ0) is 33.0. The molecule has 1 aromatic rings. The second-order valence-corrected chi connectivity index (χ2v) is 15.1. The van der Waals surface area contributed by atoms with Crippen LogP contribution in [0.15, 0.2) is 11.6 Å². The fraction of sp³-hybridized carbons (Fsp3) is 0.735. The zero-order valence-electron chi connectivity index (χ0n) is 27.9. The standard InChI is InChI=1S/C34H49FN6O5/c1-21(24-17-22(35)19-39(24)5)45-27-18-26(40-15-16-41(33(20-40)13-14-33)31(44)46-32(2,3)4)37-30(38-27)28(43)23-9-8-12-34(29(23)36)11-7-6-10-25(34)42/h18,21-22,24,36,43H,6-17,19-20H2,1-5H3/b28-23-,36-29?/t21-,22+,24-,34+/m0/s1. The van der Waals surface area contributed by atoms with Crippen LogP contribution in [-0.4, -0.2) is 105 Å². The summed E-state index contributed by atoms with van der Waals surface area (Å²) < 4.78 is 26.3. The van der Waals surface area contributed by atoms with Crippen molar-refractivity contribution in [2.45, 2.75) is 121 Å². The molecule has 3 heterocycles. The van der Waals surface area contributed by atoms with Crippen LogP contribution in [0.4, 0.5) is 15.0 Å². The maximum absolute atomic E-state index is 14.2. The SMILES string of the molecule is C[C@H](Oc1cc(N2CCN(C(=O)OC(C)(C)C)C3(CC3)C2)nc(/C(O)=C2\CCC[C@@]3(CCCCC3=O)C2=N)n1)[C@@H]1C[C@@H](F)CN1C. The number of piperazine rings is 1. The number of likely N-dealkylation sites (N-methyl/N-ethyl adjacent to an activating group) is 1. The van der Waals surface area contributed by atoms with Gasteiger partial charge in [0.2, 0.25) is 5.88 Å². The number of carbonyl (C=O) groups is 2. The Hall–Kier alpha value is -3.28. The van der Waals surface area contributed by atoms with Crippen LogP contribution in [0.5, 0.6) is 5.88 Å². The number of aliphatic hydroxyl groups is 1. The Kier molecular flexibility index (Phi) is 8.56. The van der Waals surface area contributed by atoms with Gasteiger partial charge < -0.3 is 24.9 Å². The van der Waals surface area contributed by atoms with Crippen LogP contribution < -0.4 is 9.64 Å². The summed E-state index contributed by atoms with van der Waals surface area (Å²) in [5, 5.41) is 20.9. The predicted molar refractivity (Wildman–Crippen MR) is 172 cm³/mol. The monoisotopic (exact) mass is 640 g/mol. The van der Waals surface area contributed by atoms with Crippen molar-refractivity contribution in [2.75, 3.05) is 38.1 Å². The molecule has 1 amide bonds. The molecule has 1 aromatic heterocycles. The van der Waals surface area contributed by atoms with Crippen molar-refractivity contribution in [3.8, 4) is 5.88 Å². The van der Waals surface area contributed by atoms with Crippen LogP contribution in [-0.2, 0) is 9.53 Å². The van der Waals surface area contributed by atoms with E-state index in [2.05, 4.69) is 9.88 Å². The van der Waals surface area contributed by atoms with Gasteiger partial charge in [-0.2, -0.15) is 4.98 Å². The summed E-state index contributed by atoms with van der Waals surface area (Å²) in [6, 6.07) is 1.61. The van der Waals surface area contributed by atoms with Crippen LogP contribution in [0.25, 0.3) is 5.76 Å². The molecule has 0 bridgehead atoms. The molecule has 0 radical (unpaired) electrons. The summed E-state index contributed by atoms with van der Waals surface area (Å²) in [6.07, 6.45) is 5.04. The highest BCUT2D eigenvalue weighted by Crippen LogP contribution is 2.47. The smallest absolute Gasteiger partial charge is 0.410 e. The first kappa shape index (κ1) is 32.7. The third-order valence-corrected chi connectivity index (χ3v) is 10.6. The van der Waals surface area contributed by atoms with Crippen molar-refractivity contribution < 1.29 is 28.6 Å². The molecular formula is C34H49FN6O5. The first-order chi connectivity index (χ1) is 21.7. The summed E-state index contributed by atoms with van der Waals surface area (Å²) >= 11 is 0. The highest BCUT2D eigenvalue weighted by Gasteiger charge is 2.54. The topological polar surface area (TPSA) is 132 Å². The van der Waals surface area contributed by atoms with Crippen molar-refractivity contribution in [3.05, 3.63) is 17.5 Å². The lowest BCUT2D eigenvalue weighted by molar-refractivity contribution is -0.128. The summed E-state index contributed by atoms with van der Waals surface area (Å²) in [4.78, 5) is 41.6. The van der Waals surface area contributed by atoms with Crippen molar-refractivity contribution in [1.82, 2.24) is 19.8 Å². The summed E-state index contributed by atoms with van der Waals surface area (Å²) in [5.41, 5.74) is -1.19. The number of amides is 1. The van der Waals surface area contributed by atoms with E-state index >= 15 is 0 Å². The van der Waals surface area contributed by atoms with Crippen molar-refractivity contribution >= 4 is 29.2 Å². The molecule has 0 unspecified atom stereocenters. The number of halogens is 1. The lowest BCUT2D eigenvalue weighted by atomic mass is 9.62. The number of aliphatic hydroxyl groups excluding tert-OH is 1. The lowest BCUT2D eigenvalue weighted by Crippen LogP contribution is -2.58. The number of aromatic nitrogens is 2. The van der Waals surface area contributed by atoms with Gasteiger partial charge in [-0.3, -0.25) is 14.6 Å². The first-order valence-corrected chi connectivity index (χ1v) is 16.9. The number of rotatable bonds is 5. The number of hydrogen-bond donors (Lipinski definition) is 2. The summed E-state index contributed by atoms with van der Waals surface area (Å²) in [6.45, 7) is 9.31. The van der Waals surface area contributed by atoms with E-state index in [1.54, 1.807) is 6.07 Å². The molecule has 46 heavy (non-hydrogen) atoms. The predicted octanol–water partition coefficient (Wildman–Crippen LogP) is 5.48. The second kappa shape index (κ2) is 12.1. The van der Waals surface area contributed by atoms with Crippen LogP contribution in [0.2, 0.25) is 0 Å². The Morgan fingerprint density at radius 1 is 1.13 bits per heavy atom. The number of ether oxygens (including phenoxy) is 2. The van der Waals surface area contributed by atoms with Gasteiger partial charge in [-0.15, -0.1) is 0 Å². The summed E-state index contributed by atoms with van der Waals surface area (Å²) in [7, 11) is 1.88. The molecule has 2 aliphatic heterocycles. The van der Waals surface area contributed by atoms with Crippen molar-refractivity contribution in [3.63, 3.8) is 0 Å². The van der Waals surface area contributed by atoms with E-state index in [0.717, 1.165) is 25.7 Å². The molecule has 3 saturated carbocycles. The van der Waals surface area contributed by atoms with Gasteiger partial charge in [0.25, 0.3) is 0 Å². The van der Waals surface area contributed by atoms with E-state index in [1.807, 2.05) is 44.5 Å².